The predicted octanol–water partition coefficient (Wildman–Crippen LogP) is 2.03. The quantitative estimate of drug-likeness (QED) is 0.759. The van der Waals surface area contributed by atoms with Crippen LogP contribution in [0, 0.1) is 6.92 Å². The summed E-state index contributed by atoms with van der Waals surface area (Å²) in [6.07, 6.45) is 1.04. The van der Waals surface area contributed by atoms with E-state index in [-0.39, 0.29) is 18.9 Å². The van der Waals surface area contributed by atoms with Crippen molar-refractivity contribution in [3.63, 3.8) is 0 Å². The third-order valence-corrected chi connectivity index (χ3v) is 4.82. The van der Waals surface area contributed by atoms with Gasteiger partial charge < -0.3 is 15.1 Å². The van der Waals surface area contributed by atoms with E-state index < -0.39 is 12.2 Å². The van der Waals surface area contributed by atoms with Gasteiger partial charge in [0.15, 0.2) is 11.7 Å². The summed E-state index contributed by atoms with van der Waals surface area (Å²) in [7, 11) is 0. The van der Waals surface area contributed by atoms with Gasteiger partial charge in [-0.2, -0.15) is 10.2 Å². The lowest BCUT2D eigenvalue weighted by molar-refractivity contribution is -0.132. The number of nitrogens with two attached hydrogens (primary N) is 1. The molecule has 2 atom stereocenters. The standard InChI is InChI=1S/C19H20FN5O2/c1-11-22-9-18(27-11)12-2-3-17-13(6-12)7-14(23-24-17)8-19(26)25-5-4-16(21)15(20)10-25/h2-3,6-7,9,15-16H,4-5,8,10,21H2,1H3/t15-,16-/m0/s1. The maximum absolute atomic E-state index is 13.8. The number of aryl methyl sites for hydroxylation is 1. The first-order valence-corrected chi connectivity index (χ1v) is 8.86. The van der Waals surface area contributed by atoms with Crippen LogP contribution in [0.2, 0.25) is 0 Å². The molecule has 0 radical (unpaired) electrons. The zero-order valence-corrected chi connectivity index (χ0v) is 14.9. The van der Waals surface area contributed by atoms with E-state index >= 15 is 0 Å². The molecule has 0 saturated carbocycles. The first-order chi connectivity index (χ1) is 13.0. The summed E-state index contributed by atoms with van der Waals surface area (Å²) in [6.45, 7) is 2.29. The molecule has 1 amide bonds. The number of fused-ring (bicyclic) bond motifs is 1. The third-order valence-electron chi connectivity index (χ3n) is 4.82. The number of halogens is 1. The van der Waals surface area contributed by atoms with Crippen molar-refractivity contribution in [1.29, 1.82) is 0 Å². The van der Waals surface area contributed by atoms with E-state index in [4.69, 9.17) is 10.2 Å². The number of carbonyl (C=O) groups is 1. The van der Waals surface area contributed by atoms with Crippen molar-refractivity contribution in [2.24, 2.45) is 5.73 Å². The molecule has 7 nitrogen and oxygen atoms in total. The second kappa shape index (κ2) is 7.03. The van der Waals surface area contributed by atoms with Gasteiger partial charge in [0.2, 0.25) is 5.91 Å². The number of oxazole rings is 1. The summed E-state index contributed by atoms with van der Waals surface area (Å²) in [5.74, 6) is 1.10. The van der Waals surface area contributed by atoms with Gasteiger partial charge in [-0.05, 0) is 30.7 Å². The molecule has 1 aliphatic rings. The van der Waals surface area contributed by atoms with Gasteiger partial charge in [-0.15, -0.1) is 0 Å². The van der Waals surface area contributed by atoms with Crippen LogP contribution in [0.3, 0.4) is 0 Å². The van der Waals surface area contributed by atoms with Crippen molar-refractivity contribution < 1.29 is 13.6 Å². The number of likely N-dealkylation sites (tertiary alicyclic amines) is 1. The van der Waals surface area contributed by atoms with Gasteiger partial charge in [0.05, 0.1) is 30.4 Å². The molecule has 0 bridgehead atoms. The summed E-state index contributed by atoms with van der Waals surface area (Å²) in [5, 5.41) is 9.17. The highest BCUT2D eigenvalue weighted by Crippen LogP contribution is 2.24. The van der Waals surface area contributed by atoms with Crippen LogP contribution in [-0.2, 0) is 11.2 Å². The summed E-state index contributed by atoms with van der Waals surface area (Å²) in [5.41, 5.74) is 7.81. The van der Waals surface area contributed by atoms with Crippen LogP contribution < -0.4 is 5.73 Å². The van der Waals surface area contributed by atoms with Crippen LogP contribution in [0.15, 0.2) is 34.9 Å². The van der Waals surface area contributed by atoms with Crippen molar-refractivity contribution in [1.82, 2.24) is 20.1 Å². The fourth-order valence-corrected chi connectivity index (χ4v) is 3.24. The lowest BCUT2D eigenvalue weighted by Crippen LogP contribution is -2.50. The fraction of sp³-hybridized carbons (Fsp3) is 0.368. The lowest BCUT2D eigenvalue weighted by Gasteiger charge is -2.32. The van der Waals surface area contributed by atoms with Crippen molar-refractivity contribution in [3.8, 4) is 11.3 Å². The highest BCUT2D eigenvalue weighted by atomic mass is 19.1. The molecule has 0 spiro atoms. The first kappa shape index (κ1) is 17.5. The van der Waals surface area contributed by atoms with Crippen molar-refractivity contribution >= 4 is 16.8 Å². The Balaban J connectivity index is 1.54. The van der Waals surface area contributed by atoms with Gasteiger partial charge in [0.1, 0.15) is 6.17 Å². The summed E-state index contributed by atoms with van der Waals surface area (Å²) < 4.78 is 19.3. The normalized spacial score (nSPS) is 20.2. The number of benzene rings is 1. The molecule has 27 heavy (non-hydrogen) atoms. The number of aromatic nitrogens is 3. The van der Waals surface area contributed by atoms with Gasteiger partial charge >= 0.3 is 0 Å². The molecule has 4 rings (SSSR count). The molecule has 2 N–H and O–H groups in total. The Hall–Kier alpha value is -2.87. The number of rotatable bonds is 3. The Morgan fingerprint density at radius 3 is 2.96 bits per heavy atom. The smallest absolute Gasteiger partial charge is 0.228 e. The molecular formula is C19H20FN5O2. The van der Waals surface area contributed by atoms with E-state index in [0.29, 0.717) is 30.3 Å². The Labute approximate surface area is 155 Å². The lowest BCUT2D eigenvalue weighted by atomic mass is 10.0. The molecule has 8 heteroatoms. The average Bonchev–Trinajstić information content (AvgIpc) is 3.09. The predicted molar refractivity (Wildman–Crippen MR) is 97.5 cm³/mol. The number of carbonyl (C=O) groups excluding carboxylic acids is 1. The highest BCUT2D eigenvalue weighted by molar-refractivity contribution is 5.85. The molecule has 140 valence electrons. The summed E-state index contributed by atoms with van der Waals surface area (Å²) >= 11 is 0. The number of alkyl halides is 1. The summed E-state index contributed by atoms with van der Waals surface area (Å²) in [6, 6.07) is 7.00. The Bertz CT molecular complexity index is 989. The number of nitrogens with zero attached hydrogens (tertiary/aromatic N) is 4. The van der Waals surface area contributed by atoms with E-state index in [2.05, 4.69) is 15.2 Å². The van der Waals surface area contributed by atoms with Crippen LogP contribution >= 0.6 is 0 Å². The molecule has 1 aliphatic heterocycles. The van der Waals surface area contributed by atoms with Gasteiger partial charge in [0, 0.05) is 30.5 Å². The fourth-order valence-electron chi connectivity index (χ4n) is 3.24. The molecule has 0 unspecified atom stereocenters. The van der Waals surface area contributed by atoms with Crippen molar-refractivity contribution in [2.75, 3.05) is 13.1 Å². The molecule has 1 aromatic carbocycles. The van der Waals surface area contributed by atoms with Crippen LogP contribution in [-0.4, -0.2) is 51.3 Å². The monoisotopic (exact) mass is 369 g/mol. The molecule has 3 aromatic rings. The van der Waals surface area contributed by atoms with E-state index in [1.54, 1.807) is 13.1 Å². The minimum atomic E-state index is -1.18. The molecule has 1 saturated heterocycles. The second-order valence-electron chi connectivity index (χ2n) is 6.84. The topological polar surface area (TPSA) is 98.1 Å². The van der Waals surface area contributed by atoms with Crippen molar-refractivity contribution in [2.45, 2.75) is 32.0 Å². The minimum Gasteiger partial charge on any atom is -0.441 e. The summed E-state index contributed by atoms with van der Waals surface area (Å²) in [4.78, 5) is 18.1. The zero-order valence-electron chi connectivity index (χ0n) is 14.9. The number of piperidine rings is 1. The molecular weight excluding hydrogens is 349 g/mol. The van der Waals surface area contributed by atoms with E-state index in [0.717, 1.165) is 16.5 Å². The van der Waals surface area contributed by atoms with Crippen LogP contribution in [0.1, 0.15) is 18.0 Å². The largest absolute Gasteiger partial charge is 0.441 e. The van der Waals surface area contributed by atoms with E-state index in [1.165, 1.54) is 4.90 Å². The molecule has 1 fully saturated rings. The SMILES string of the molecule is Cc1ncc(-c2ccc3nnc(CC(=O)N4CC[C@H](N)[C@@H](F)C4)cc3c2)o1. The Morgan fingerprint density at radius 1 is 1.37 bits per heavy atom. The van der Waals surface area contributed by atoms with Gasteiger partial charge in [0.25, 0.3) is 0 Å². The molecule has 0 aliphatic carbocycles. The van der Waals surface area contributed by atoms with Gasteiger partial charge in [-0.3, -0.25) is 4.79 Å². The molecule has 2 aromatic heterocycles. The maximum atomic E-state index is 13.8. The van der Waals surface area contributed by atoms with Gasteiger partial charge in [-0.1, -0.05) is 0 Å². The van der Waals surface area contributed by atoms with Crippen molar-refractivity contribution in [3.05, 3.63) is 42.0 Å². The first-order valence-electron chi connectivity index (χ1n) is 8.86. The third kappa shape index (κ3) is 3.66. The van der Waals surface area contributed by atoms with Crippen LogP contribution in [0.25, 0.3) is 22.2 Å². The number of amides is 1. The zero-order chi connectivity index (χ0) is 19.0. The Kier molecular flexibility index (Phi) is 4.57. The highest BCUT2D eigenvalue weighted by Gasteiger charge is 2.29. The van der Waals surface area contributed by atoms with E-state index in [9.17, 15) is 9.18 Å². The van der Waals surface area contributed by atoms with Crippen LogP contribution in [0.5, 0.6) is 0 Å². The second-order valence-corrected chi connectivity index (χ2v) is 6.84. The number of hydrogen-bond donors (Lipinski definition) is 1. The average molecular weight is 369 g/mol. The van der Waals surface area contributed by atoms with E-state index in [1.807, 2.05) is 24.3 Å². The molecule has 3 heterocycles. The number of hydrogen-bond acceptors (Lipinski definition) is 6. The Morgan fingerprint density at radius 2 is 2.22 bits per heavy atom. The maximum Gasteiger partial charge on any atom is 0.228 e. The van der Waals surface area contributed by atoms with Gasteiger partial charge in [-0.25, -0.2) is 9.37 Å². The minimum absolute atomic E-state index is 0.0377. The van der Waals surface area contributed by atoms with Crippen LogP contribution in [0.4, 0.5) is 4.39 Å².